The van der Waals surface area contributed by atoms with Gasteiger partial charge >= 0.3 is 0 Å². The lowest BCUT2D eigenvalue weighted by atomic mass is 10.1. The number of para-hydroxylation sites is 1. The van der Waals surface area contributed by atoms with Gasteiger partial charge in [0.25, 0.3) is 0 Å². The van der Waals surface area contributed by atoms with Crippen LogP contribution in [-0.4, -0.2) is 58.2 Å². The van der Waals surface area contributed by atoms with Crippen molar-refractivity contribution >= 4 is 23.0 Å². The zero-order valence-electron chi connectivity index (χ0n) is 22.3. The number of benzene rings is 1. The normalized spacial score (nSPS) is 15.2. The maximum absolute atomic E-state index is 13.4. The van der Waals surface area contributed by atoms with Gasteiger partial charge in [0, 0.05) is 31.0 Å². The molecule has 4 aromatic rings. The molecule has 39 heavy (non-hydrogen) atoms. The van der Waals surface area contributed by atoms with E-state index in [4.69, 9.17) is 9.47 Å². The lowest BCUT2D eigenvalue weighted by Gasteiger charge is -2.17. The van der Waals surface area contributed by atoms with E-state index in [1.165, 1.54) is 0 Å². The Kier molecular flexibility index (Phi) is 8.12. The lowest BCUT2D eigenvalue weighted by molar-refractivity contribution is 0.207. The third-order valence-electron chi connectivity index (χ3n) is 6.50. The number of methoxy groups -OCH3 is 1. The molecular formula is C29H32FN7O2. The quantitative estimate of drug-likeness (QED) is 0.272. The molecule has 4 heterocycles. The molecule has 0 saturated carbocycles. The number of halogens is 1. The molecular weight excluding hydrogens is 497 g/mol. The number of ether oxygens (including phenoxy) is 2. The van der Waals surface area contributed by atoms with Gasteiger partial charge in [0.15, 0.2) is 17.4 Å². The smallest absolute Gasteiger partial charge is 0.163 e. The molecule has 1 atom stereocenters. The topological polar surface area (TPSA) is 97.3 Å². The molecule has 10 heteroatoms. The highest BCUT2D eigenvalue weighted by Gasteiger charge is 2.21. The number of anilines is 4. The summed E-state index contributed by atoms with van der Waals surface area (Å²) in [7, 11) is 3.69. The Balaban J connectivity index is 1.36. The zero-order valence-corrected chi connectivity index (χ0v) is 22.3. The van der Waals surface area contributed by atoms with Gasteiger partial charge in [-0.05, 0) is 49.7 Å². The Bertz CT molecular complexity index is 1400. The number of aromatic nitrogens is 4. The summed E-state index contributed by atoms with van der Waals surface area (Å²) < 4.78 is 25.2. The number of pyridine rings is 2. The minimum Gasteiger partial charge on any atom is -0.494 e. The molecule has 1 aliphatic rings. The van der Waals surface area contributed by atoms with Gasteiger partial charge in [0.1, 0.15) is 23.5 Å². The molecule has 1 aromatic carbocycles. The molecule has 0 radical (unpaired) electrons. The molecule has 0 aliphatic carbocycles. The highest BCUT2D eigenvalue weighted by Crippen LogP contribution is 2.37. The summed E-state index contributed by atoms with van der Waals surface area (Å²) in [5.74, 6) is 2.51. The first-order chi connectivity index (χ1) is 19.0. The first kappa shape index (κ1) is 26.3. The molecule has 3 aromatic heterocycles. The van der Waals surface area contributed by atoms with Crippen molar-refractivity contribution in [1.82, 2.24) is 24.8 Å². The number of hydrogen-bond acceptors (Lipinski definition) is 9. The molecule has 0 bridgehead atoms. The monoisotopic (exact) mass is 529 g/mol. The summed E-state index contributed by atoms with van der Waals surface area (Å²) in [6, 6.07) is 11.4. The van der Waals surface area contributed by atoms with Crippen LogP contribution in [0.3, 0.4) is 0 Å². The molecule has 1 aliphatic heterocycles. The van der Waals surface area contributed by atoms with Crippen LogP contribution in [0.4, 0.5) is 27.4 Å². The number of nitrogens with one attached hydrogen (secondary N) is 2. The maximum atomic E-state index is 13.4. The van der Waals surface area contributed by atoms with Gasteiger partial charge in [0.05, 0.1) is 37.0 Å². The number of rotatable bonds is 10. The predicted octanol–water partition coefficient (Wildman–Crippen LogP) is 5.60. The summed E-state index contributed by atoms with van der Waals surface area (Å²) in [5.41, 5.74) is 3.33. The van der Waals surface area contributed by atoms with Gasteiger partial charge in [-0.3, -0.25) is 0 Å². The van der Waals surface area contributed by atoms with Gasteiger partial charge in [-0.1, -0.05) is 19.4 Å². The van der Waals surface area contributed by atoms with Crippen molar-refractivity contribution in [2.75, 3.05) is 37.9 Å². The van der Waals surface area contributed by atoms with Crippen LogP contribution in [0, 0.1) is 5.82 Å². The summed E-state index contributed by atoms with van der Waals surface area (Å²) in [6.07, 6.45) is 8.90. The standard InChI is InChI=1S/C29H32FN7O2/c1-4-6-19-14-31-27(36-26-10-9-21(17-32-26)39-22-11-12-37(2)18-22)13-25(19)35-24-8-5-7-23(28(24)38-3)29-33-15-20(30)16-34-29/h5,7-10,13-17,22H,4,6,11-12,18H2,1-3H3,(H2,31,32,35,36)/t22-/m1/s1. The van der Waals surface area contributed by atoms with E-state index in [2.05, 4.69) is 49.4 Å². The van der Waals surface area contributed by atoms with Crippen molar-refractivity contribution in [3.63, 3.8) is 0 Å². The van der Waals surface area contributed by atoms with Crippen molar-refractivity contribution in [3.05, 3.63) is 72.6 Å². The van der Waals surface area contributed by atoms with Crippen LogP contribution in [0.5, 0.6) is 11.5 Å². The molecule has 0 spiro atoms. The SMILES string of the molecule is CCCc1cnc(Nc2ccc(O[C@@H]3CCN(C)C3)cn2)cc1Nc1cccc(-c2ncc(F)cn2)c1OC. The maximum Gasteiger partial charge on any atom is 0.163 e. The summed E-state index contributed by atoms with van der Waals surface area (Å²) in [4.78, 5) is 19.6. The van der Waals surface area contributed by atoms with Crippen molar-refractivity contribution in [1.29, 1.82) is 0 Å². The zero-order chi connectivity index (χ0) is 27.2. The fourth-order valence-electron chi connectivity index (χ4n) is 4.60. The van der Waals surface area contributed by atoms with E-state index in [-0.39, 0.29) is 6.10 Å². The number of hydrogen-bond donors (Lipinski definition) is 2. The Morgan fingerprint density at radius 1 is 0.974 bits per heavy atom. The van der Waals surface area contributed by atoms with Crippen LogP contribution in [0.2, 0.25) is 0 Å². The summed E-state index contributed by atoms with van der Waals surface area (Å²) >= 11 is 0. The van der Waals surface area contributed by atoms with E-state index in [9.17, 15) is 4.39 Å². The molecule has 1 saturated heterocycles. The average molecular weight is 530 g/mol. The van der Waals surface area contributed by atoms with E-state index < -0.39 is 5.82 Å². The number of likely N-dealkylation sites (N-methyl/N-ethyl adjacent to an activating group) is 1. The third kappa shape index (κ3) is 6.40. The molecule has 1 fully saturated rings. The molecule has 0 amide bonds. The van der Waals surface area contributed by atoms with E-state index in [1.807, 2.05) is 42.6 Å². The summed E-state index contributed by atoms with van der Waals surface area (Å²) in [6.45, 7) is 4.10. The second-order valence-corrected chi connectivity index (χ2v) is 9.51. The van der Waals surface area contributed by atoms with Crippen molar-refractivity contribution in [3.8, 4) is 22.9 Å². The highest BCUT2D eigenvalue weighted by atomic mass is 19.1. The second kappa shape index (κ2) is 12.0. The Morgan fingerprint density at radius 3 is 2.49 bits per heavy atom. The second-order valence-electron chi connectivity index (χ2n) is 9.51. The minimum absolute atomic E-state index is 0.196. The number of nitrogens with zero attached hydrogens (tertiary/aromatic N) is 5. The molecule has 202 valence electrons. The van der Waals surface area contributed by atoms with E-state index in [0.29, 0.717) is 28.8 Å². The Hall–Kier alpha value is -4.31. The van der Waals surface area contributed by atoms with Crippen LogP contribution >= 0.6 is 0 Å². The van der Waals surface area contributed by atoms with Crippen LogP contribution in [0.15, 0.2) is 61.2 Å². The Labute approximate surface area is 227 Å². The van der Waals surface area contributed by atoms with Crippen LogP contribution in [0.1, 0.15) is 25.3 Å². The predicted molar refractivity (Wildman–Crippen MR) is 150 cm³/mol. The third-order valence-corrected chi connectivity index (χ3v) is 6.50. The first-order valence-electron chi connectivity index (χ1n) is 13.0. The van der Waals surface area contributed by atoms with Gasteiger partial charge in [-0.15, -0.1) is 0 Å². The summed E-state index contributed by atoms with van der Waals surface area (Å²) in [5, 5.41) is 6.78. The van der Waals surface area contributed by atoms with Gasteiger partial charge in [-0.25, -0.2) is 24.3 Å². The lowest BCUT2D eigenvalue weighted by Crippen LogP contribution is -2.21. The van der Waals surface area contributed by atoms with Gasteiger partial charge < -0.3 is 25.0 Å². The van der Waals surface area contributed by atoms with Gasteiger partial charge in [-0.2, -0.15) is 0 Å². The van der Waals surface area contributed by atoms with E-state index in [0.717, 1.165) is 67.4 Å². The fourth-order valence-corrected chi connectivity index (χ4v) is 4.60. The molecule has 9 nitrogen and oxygen atoms in total. The van der Waals surface area contributed by atoms with Crippen LogP contribution in [0.25, 0.3) is 11.4 Å². The largest absolute Gasteiger partial charge is 0.494 e. The molecule has 5 rings (SSSR count). The van der Waals surface area contributed by atoms with E-state index >= 15 is 0 Å². The van der Waals surface area contributed by atoms with Crippen molar-refractivity contribution in [2.24, 2.45) is 0 Å². The fraction of sp³-hybridized carbons (Fsp3) is 0.310. The minimum atomic E-state index is -0.494. The first-order valence-corrected chi connectivity index (χ1v) is 13.0. The molecule has 0 unspecified atom stereocenters. The van der Waals surface area contributed by atoms with Crippen molar-refractivity contribution in [2.45, 2.75) is 32.3 Å². The van der Waals surface area contributed by atoms with Crippen molar-refractivity contribution < 1.29 is 13.9 Å². The van der Waals surface area contributed by atoms with E-state index in [1.54, 1.807) is 13.3 Å². The molecule has 2 N–H and O–H groups in total. The van der Waals surface area contributed by atoms with Gasteiger partial charge in [0.2, 0.25) is 0 Å². The number of likely N-dealkylation sites (tertiary alicyclic amines) is 1. The van der Waals surface area contributed by atoms with Crippen LogP contribution in [-0.2, 0) is 6.42 Å². The van der Waals surface area contributed by atoms with Crippen LogP contribution < -0.4 is 20.1 Å². The Morgan fingerprint density at radius 2 is 1.79 bits per heavy atom. The number of aryl methyl sites for hydroxylation is 1. The highest BCUT2D eigenvalue weighted by molar-refractivity contribution is 5.79. The average Bonchev–Trinajstić information content (AvgIpc) is 3.36.